The largest absolute Gasteiger partial charge is 0.396 e. The molecule has 1 aliphatic rings. The zero-order chi connectivity index (χ0) is 13.9. The molecule has 0 aromatic heterocycles. The van der Waals surface area contributed by atoms with Crippen LogP contribution in [0.25, 0.3) is 0 Å². The SMILES string of the molecule is CC1(C)CNCC(CCO)N(c2cccc(F)c2)C1. The maximum Gasteiger partial charge on any atom is 0.125 e. The van der Waals surface area contributed by atoms with Crippen LogP contribution in [-0.2, 0) is 0 Å². The van der Waals surface area contributed by atoms with Crippen molar-refractivity contribution in [1.29, 1.82) is 0 Å². The van der Waals surface area contributed by atoms with Gasteiger partial charge < -0.3 is 15.3 Å². The van der Waals surface area contributed by atoms with E-state index in [1.165, 1.54) is 6.07 Å². The highest BCUT2D eigenvalue weighted by Gasteiger charge is 2.30. The molecular formula is C15H23FN2O. The number of halogens is 1. The van der Waals surface area contributed by atoms with Crippen molar-refractivity contribution in [1.82, 2.24) is 5.32 Å². The fourth-order valence-corrected chi connectivity index (χ4v) is 2.70. The summed E-state index contributed by atoms with van der Waals surface area (Å²) in [6.45, 7) is 7.16. The molecule has 106 valence electrons. The van der Waals surface area contributed by atoms with Crippen molar-refractivity contribution in [3.63, 3.8) is 0 Å². The van der Waals surface area contributed by atoms with E-state index in [0.717, 1.165) is 25.3 Å². The predicted molar refractivity (Wildman–Crippen MR) is 75.9 cm³/mol. The van der Waals surface area contributed by atoms with Crippen LogP contribution in [0.2, 0.25) is 0 Å². The van der Waals surface area contributed by atoms with Gasteiger partial charge in [0.1, 0.15) is 5.82 Å². The van der Waals surface area contributed by atoms with Crippen LogP contribution >= 0.6 is 0 Å². The van der Waals surface area contributed by atoms with Gasteiger partial charge in [-0.05, 0) is 30.0 Å². The molecule has 1 heterocycles. The van der Waals surface area contributed by atoms with E-state index in [4.69, 9.17) is 0 Å². The van der Waals surface area contributed by atoms with Crippen molar-refractivity contribution in [3.8, 4) is 0 Å². The molecule has 3 nitrogen and oxygen atoms in total. The Balaban J connectivity index is 2.29. The standard InChI is InChI=1S/C15H23FN2O/c1-15(2)10-17-9-14(6-7-19)18(11-15)13-5-3-4-12(16)8-13/h3-5,8,14,17,19H,6-7,9-11H2,1-2H3. The van der Waals surface area contributed by atoms with Crippen LogP contribution in [0.3, 0.4) is 0 Å². The molecule has 4 heteroatoms. The molecule has 1 fully saturated rings. The Morgan fingerprint density at radius 3 is 2.95 bits per heavy atom. The molecule has 0 bridgehead atoms. The Bertz CT molecular complexity index is 422. The first-order chi connectivity index (χ1) is 9.02. The van der Waals surface area contributed by atoms with Crippen molar-refractivity contribution in [3.05, 3.63) is 30.1 Å². The third-order valence-corrected chi connectivity index (χ3v) is 3.62. The first kappa shape index (κ1) is 14.3. The number of aliphatic hydroxyl groups excluding tert-OH is 1. The lowest BCUT2D eigenvalue weighted by Crippen LogP contribution is -2.42. The topological polar surface area (TPSA) is 35.5 Å². The monoisotopic (exact) mass is 266 g/mol. The number of nitrogens with one attached hydrogen (secondary N) is 1. The number of anilines is 1. The van der Waals surface area contributed by atoms with E-state index < -0.39 is 0 Å². The molecule has 1 atom stereocenters. The van der Waals surface area contributed by atoms with Crippen molar-refractivity contribution in [2.24, 2.45) is 5.41 Å². The summed E-state index contributed by atoms with van der Waals surface area (Å²) in [5, 5.41) is 12.7. The maximum absolute atomic E-state index is 13.4. The Hall–Kier alpha value is -1.13. The summed E-state index contributed by atoms with van der Waals surface area (Å²) < 4.78 is 13.4. The number of nitrogens with zero attached hydrogens (tertiary/aromatic N) is 1. The van der Waals surface area contributed by atoms with E-state index in [1.54, 1.807) is 12.1 Å². The summed E-state index contributed by atoms with van der Waals surface area (Å²) in [4.78, 5) is 2.22. The van der Waals surface area contributed by atoms with E-state index in [2.05, 4.69) is 24.1 Å². The number of hydrogen-bond donors (Lipinski definition) is 2. The van der Waals surface area contributed by atoms with Crippen LogP contribution in [-0.4, -0.2) is 37.4 Å². The van der Waals surface area contributed by atoms with Gasteiger partial charge >= 0.3 is 0 Å². The van der Waals surface area contributed by atoms with Gasteiger partial charge in [-0.15, -0.1) is 0 Å². The number of hydrogen-bond acceptors (Lipinski definition) is 3. The molecule has 1 unspecified atom stereocenters. The van der Waals surface area contributed by atoms with E-state index in [1.807, 2.05) is 6.07 Å². The van der Waals surface area contributed by atoms with Crippen molar-refractivity contribution in [2.75, 3.05) is 31.1 Å². The van der Waals surface area contributed by atoms with Crippen molar-refractivity contribution in [2.45, 2.75) is 26.3 Å². The highest BCUT2D eigenvalue weighted by atomic mass is 19.1. The molecule has 1 aromatic rings. The molecule has 2 rings (SSSR count). The third kappa shape index (κ3) is 3.67. The summed E-state index contributed by atoms with van der Waals surface area (Å²) >= 11 is 0. The molecule has 0 radical (unpaired) electrons. The molecule has 0 amide bonds. The second kappa shape index (κ2) is 5.88. The summed E-state index contributed by atoms with van der Waals surface area (Å²) in [5.41, 5.74) is 1.02. The van der Waals surface area contributed by atoms with Gasteiger partial charge in [0.2, 0.25) is 0 Å². The van der Waals surface area contributed by atoms with Gasteiger partial charge in [0.15, 0.2) is 0 Å². The number of rotatable bonds is 3. The fraction of sp³-hybridized carbons (Fsp3) is 0.600. The first-order valence-electron chi connectivity index (χ1n) is 6.86. The minimum absolute atomic E-state index is 0.122. The average Bonchev–Trinajstić information content (AvgIpc) is 2.49. The second-order valence-corrected chi connectivity index (χ2v) is 6.07. The zero-order valence-electron chi connectivity index (χ0n) is 11.7. The van der Waals surface area contributed by atoms with Crippen molar-refractivity contribution < 1.29 is 9.50 Å². The molecule has 2 N–H and O–H groups in total. The highest BCUT2D eigenvalue weighted by molar-refractivity contribution is 5.48. The van der Waals surface area contributed by atoms with Gasteiger partial charge in [-0.1, -0.05) is 19.9 Å². The summed E-state index contributed by atoms with van der Waals surface area (Å²) in [7, 11) is 0. The lowest BCUT2D eigenvalue weighted by atomic mass is 9.92. The molecule has 1 aliphatic heterocycles. The van der Waals surface area contributed by atoms with Gasteiger partial charge in [-0.25, -0.2) is 4.39 Å². The summed E-state index contributed by atoms with van der Waals surface area (Å²) in [6, 6.07) is 6.92. The van der Waals surface area contributed by atoms with Crippen LogP contribution in [0.15, 0.2) is 24.3 Å². The van der Waals surface area contributed by atoms with Crippen LogP contribution in [0, 0.1) is 11.2 Å². The van der Waals surface area contributed by atoms with Gasteiger partial charge in [-0.3, -0.25) is 0 Å². The predicted octanol–water partition coefficient (Wildman–Crippen LogP) is 2.01. The van der Waals surface area contributed by atoms with Gasteiger partial charge in [0.05, 0.1) is 0 Å². The van der Waals surface area contributed by atoms with Crippen LogP contribution in [0.5, 0.6) is 0 Å². The molecule has 0 spiro atoms. The summed E-state index contributed by atoms with van der Waals surface area (Å²) in [5.74, 6) is -0.213. The Morgan fingerprint density at radius 2 is 2.26 bits per heavy atom. The van der Waals surface area contributed by atoms with E-state index in [0.29, 0.717) is 6.42 Å². The Kier molecular flexibility index (Phi) is 4.42. The minimum atomic E-state index is -0.213. The van der Waals surface area contributed by atoms with Gasteiger partial charge in [0.25, 0.3) is 0 Å². The lowest BCUT2D eigenvalue weighted by Gasteiger charge is -2.35. The highest BCUT2D eigenvalue weighted by Crippen LogP contribution is 2.27. The Labute approximate surface area is 114 Å². The molecule has 1 saturated heterocycles. The number of aliphatic hydroxyl groups is 1. The molecule has 1 aromatic carbocycles. The third-order valence-electron chi connectivity index (χ3n) is 3.62. The van der Waals surface area contributed by atoms with Crippen LogP contribution in [0.4, 0.5) is 10.1 Å². The van der Waals surface area contributed by atoms with Crippen LogP contribution < -0.4 is 10.2 Å². The number of benzene rings is 1. The maximum atomic E-state index is 13.4. The smallest absolute Gasteiger partial charge is 0.125 e. The molecule has 19 heavy (non-hydrogen) atoms. The second-order valence-electron chi connectivity index (χ2n) is 6.07. The first-order valence-corrected chi connectivity index (χ1v) is 6.86. The van der Waals surface area contributed by atoms with E-state index in [9.17, 15) is 9.50 Å². The van der Waals surface area contributed by atoms with E-state index in [-0.39, 0.29) is 23.9 Å². The normalized spacial score (nSPS) is 23.2. The quantitative estimate of drug-likeness (QED) is 0.878. The fourth-order valence-electron chi connectivity index (χ4n) is 2.70. The van der Waals surface area contributed by atoms with Gasteiger partial charge in [0, 0.05) is 38.0 Å². The van der Waals surface area contributed by atoms with E-state index >= 15 is 0 Å². The summed E-state index contributed by atoms with van der Waals surface area (Å²) in [6.07, 6.45) is 0.694. The average molecular weight is 266 g/mol. The van der Waals surface area contributed by atoms with Crippen LogP contribution in [0.1, 0.15) is 20.3 Å². The van der Waals surface area contributed by atoms with Gasteiger partial charge in [-0.2, -0.15) is 0 Å². The molecular weight excluding hydrogens is 243 g/mol. The molecule has 0 saturated carbocycles. The van der Waals surface area contributed by atoms with Crippen molar-refractivity contribution >= 4 is 5.69 Å². The lowest BCUT2D eigenvalue weighted by molar-refractivity contribution is 0.272. The minimum Gasteiger partial charge on any atom is -0.396 e. The zero-order valence-corrected chi connectivity index (χ0v) is 11.7. The molecule has 0 aliphatic carbocycles. The Morgan fingerprint density at radius 1 is 1.47 bits per heavy atom.